The number of nitrogens with one attached hydrogen (secondary N) is 1. The molecule has 0 amide bonds. The number of rotatable bonds is 1. The summed E-state index contributed by atoms with van der Waals surface area (Å²) in [6.07, 6.45) is -0.567. The first-order chi connectivity index (χ1) is 4.99. The first kappa shape index (κ1) is 8.49. The third-order valence-electron chi connectivity index (χ3n) is 1.38. The van der Waals surface area contributed by atoms with Crippen molar-refractivity contribution in [1.82, 2.24) is 5.32 Å². The molecule has 1 aliphatic rings. The molecule has 4 nitrogen and oxygen atoms in total. The lowest BCUT2D eigenvalue weighted by molar-refractivity contribution is -0.170. The average molecular weight is 159 g/mol. The SMILES string of the molecule is CC(=O)OC1NC(C)(C)CO1. The molecule has 64 valence electrons. The molecule has 1 unspecified atom stereocenters. The highest BCUT2D eigenvalue weighted by Gasteiger charge is 2.32. The Morgan fingerprint density at radius 1 is 1.73 bits per heavy atom. The summed E-state index contributed by atoms with van der Waals surface area (Å²) in [5.41, 5.74) is -0.0971. The Bertz CT molecular complexity index is 167. The monoisotopic (exact) mass is 159 g/mol. The molecule has 1 rings (SSSR count). The third-order valence-corrected chi connectivity index (χ3v) is 1.38. The Balaban J connectivity index is 2.36. The summed E-state index contributed by atoms with van der Waals surface area (Å²) < 4.78 is 9.90. The lowest BCUT2D eigenvalue weighted by Crippen LogP contribution is -2.40. The minimum atomic E-state index is -0.567. The van der Waals surface area contributed by atoms with Crippen molar-refractivity contribution in [2.75, 3.05) is 6.61 Å². The lowest BCUT2D eigenvalue weighted by Gasteiger charge is -2.15. The average Bonchev–Trinajstić information content (AvgIpc) is 2.08. The summed E-state index contributed by atoms with van der Waals surface area (Å²) in [5.74, 6) is -0.333. The molecule has 0 aromatic carbocycles. The summed E-state index contributed by atoms with van der Waals surface area (Å²) in [5, 5.41) is 3.00. The molecule has 0 radical (unpaired) electrons. The van der Waals surface area contributed by atoms with Crippen molar-refractivity contribution >= 4 is 5.97 Å². The van der Waals surface area contributed by atoms with Crippen LogP contribution in [0.25, 0.3) is 0 Å². The molecule has 0 aromatic heterocycles. The van der Waals surface area contributed by atoms with Crippen LogP contribution in [0.3, 0.4) is 0 Å². The molecule has 1 atom stereocenters. The van der Waals surface area contributed by atoms with Crippen LogP contribution in [0.2, 0.25) is 0 Å². The summed E-state index contributed by atoms with van der Waals surface area (Å²) in [4.78, 5) is 10.5. The summed E-state index contributed by atoms with van der Waals surface area (Å²) in [7, 11) is 0. The number of carbonyl (C=O) groups excluding carboxylic acids is 1. The fraction of sp³-hybridized carbons (Fsp3) is 0.857. The number of carbonyl (C=O) groups is 1. The number of hydrogen-bond acceptors (Lipinski definition) is 4. The van der Waals surface area contributed by atoms with Gasteiger partial charge in [0.05, 0.1) is 6.61 Å². The van der Waals surface area contributed by atoms with Gasteiger partial charge >= 0.3 is 5.97 Å². The van der Waals surface area contributed by atoms with E-state index in [1.807, 2.05) is 13.8 Å². The smallest absolute Gasteiger partial charge is 0.305 e. The first-order valence-corrected chi connectivity index (χ1v) is 3.56. The van der Waals surface area contributed by atoms with E-state index in [1.165, 1.54) is 6.92 Å². The first-order valence-electron chi connectivity index (χ1n) is 3.56. The maximum Gasteiger partial charge on any atom is 0.305 e. The van der Waals surface area contributed by atoms with E-state index in [0.717, 1.165) is 0 Å². The predicted molar refractivity (Wildman–Crippen MR) is 38.7 cm³/mol. The highest BCUT2D eigenvalue weighted by Crippen LogP contribution is 2.14. The molecule has 11 heavy (non-hydrogen) atoms. The van der Waals surface area contributed by atoms with Crippen LogP contribution in [0.4, 0.5) is 0 Å². The van der Waals surface area contributed by atoms with Crippen molar-refractivity contribution < 1.29 is 14.3 Å². The van der Waals surface area contributed by atoms with E-state index in [4.69, 9.17) is 9.47 Å². The van der Waals surface area contributed by atoms with Gasteiger partial charge in [0, 0.05) is 12.5 Å². The van der Waals surface area contributed by atoms with Gasteiger partial charge in [-0.25, -0.2) is 0 Å². The Kier molecular flexibility index (Phi) is 2.15. The molecule has 0 aliphatic carbocycles. The second-order valence-corrected chi connectivity index (χ2v) is 3.28. The number of esters is 1. The molecule has 0 bridgehead atoms. The van der Waals surface area contributed by atoms with Crippen LogP contribution in [-0.2, 0) is 14.3 Å². The van der Waals surface area contributed by atoms with E-state index in [2.05, 4.69) is 5.32 Å². The van der Waals surface area contributed by atoms with Gasteiger partial charge in [-0.3, -0.25) is 10.1 Å². The molecule has 1 saturated heterocycles. The minimum Gasteiger partial charge on any atom is -0.422 e. The highest BCUT2D eigenvalue weighted by molar-refractivity contribution is 5.66. The van der Waals surface area contributed by atoms with E-state index in [0.29, 0.717) is 6.61 Å². The van der Waals surface area contributed by atoms with Gasteiger partial charge in [0.15, 0.2) is 0 Å². The van der Waals surface area contributed by atoms with Crippen molar-refractivity contribution in [2.45, 2.75) is 32.7 Å². The van der Waals surface area contributed by atoms with Crippen LogP contribution in [0.15, 0.2) is 0 Å². The Morgan fingerprint density at radius 3 is 2.73 bits per heavy atom. The van der Waals surface area contributed by atoms with Gasteiger partial charge in [0.2, 0.25) is 0 Å². The van der Waals surface area contributed by atoms with E-state index in [-0.39, 0.29) is 11.5 Å². The van der Waals surface area contributed by atoms with E-state index >= 15 is 0 Å². The zero-order valence-electron chi connectivity index (χ0n) is 7.01. The minimum absolute atomic E-state index is 0.0971. The molecule has 1 heterocycles. The Labute approximate surface area is 65.9 Å². The lowest BCUT2D eigenvalue weighted by atomic mass is 10.1. The molecular weight excluding hydrogens is 146 g/mol. The van der Waals surface area contributed by atoms with Gasteiger partial charge in [-0.1, -0.05) is 0 Å². The molecular formula is C7H13NO3. The molecule has 1 aliphatic heterocycles. The van der Waals surface area contributed by atoms with Gasteiger partial charge in [-0.05, 0) is 13.8 Å². The third kappa shape index (κ3) is 2.48. The maximum atomic E-state index is 10.5. The fourth-order valence-electron chi connectivity index (χ4n) is 0.901. The summed E-state index contributed by atoms with van der Waals surface area (Å²) >= 11 is 0. The van der Waals surface area contributed by atoms with Gasteiger partial charge in [0.25, 0.3) is 6.41 Å². The molecule has 0 aromatic rings. The van der Waals surface area contributed by atoms with Gasteiger partial charge in [-0.15, -0.1) is 0 Å². The topological polar surface area (TPSA) is 47.6 Å². The zero-order chi connectivity index (χ0) is 8.48. The summed E-state index contributed by atoms with van der Waals surface area (Å²) in [6, 6.07) is 0. The van der Waals surface area contributed by atoms with Crippen LogP contribution in [-0.4, -0.2) is 24.5 Å². The molecule has 1 N–H and O–H groups in total. The van der Waals surface area contributed by atoms with Crippen molar-refractivity contribution in [2.24, 2.45) is 0 Å². The number of ether oxygens (including phenoxy) is 2. The van der Waals surface area contributed by atoms with Crippen LogP contribution in [0.5, 0.6) is 0 Å². The molecule has 0 spiro atoms. The Hall–Kier alpha value is -0.610. The quantitative estimate of drug-likeness (QED) is 0.556. The predicted octanol–water partition coefficient (Wildman–Crippen LogP) is 0.231. The Morgan fingerprint density at radius 2 is 2.36 bits per heavy atom. The van der Waals surface area contributed by atoms with Crippen LogP contribution in [0, 0.1) is 0 Å². The second kappa shape index (κ2) is 2.79. The maximum absolute atomic E-state index is 10.5. The second-order valence-electron chi connectivity index (χ2n) is 3.28. The van der Waals surface area contributed by atoms with Crippen molar-refractivity contribution in [3.05, 3.63) is 0 Å². The van der Waals surface area contributed by atoms with E-state index < -0.39 is 6.41 Å². The van der Waals surface area contributed by atoms with Gasteiger partial charge in [-0.2, -0.15) is 0 Å². The van der Waals surface area contributed by atoms with Crippen molar-refractivity contribution in [3.8, 4) is 0 Å². The van der Waals surface area contributed by atoms with Crippen molar-refractivity contribution in [3.63, 3.8) is 0 Å². The van der Waals surface area contributed by atoms with Crippen LogP contribution in [0.1, 0.15) is 20.8 Å². The molecule has 1 fully saturated rings. The number of hydrogen-bond donors (Lipinski definition) is 1. The van der Waals surface area contributed by atoms with Gasteiger partial charge in [0.1, 0.15) is 0 Å². The van der Waals surface area contributed by atoms with E-state index in [9.17, 15) is 4.79 Å². The highest BCUT2D eigenvalue weighted by atomic mass is 16.7. The zero-order valence-corrected chi connectivity index (χ0v) is 7.01. The van der Waals surface area contributed by atoms with Crippen LogP contribution < -0.4 is 5.32 Å². The largest absolute Gasteiger partial charge is 0.422 e. The molecule has 0 saturated carbocycles. The standard InChI is InChI=1S/C7H13NO3/c1-5(9)11-6-8-7(2,3)4-10-6/h6,8H,4H2,1-3H3. The van der Waals surface area contributed by atoms with Gasteiger partial charge < -0.3 is 9.47 Å². The van der Waals surface area contributed by atoms with Crippen LogP contribution >= 0.6 is 0 Å². The fourth-order valence-corrected chi connectivity index (χ4v) is 0.901. The molecule has 4 heteroatoms. The normalized spacial score (nSPS) is 28.5. The van der Waals surface area contributed by atoms with E-state index in [1.54, 1.807) is 0 Å². The van der Waals surface area contributed by atoms with Crippen molar-refractivity contribution in [1.29, 1.82) is 0 Å². The summed E-state index contributed by atoms with van der Waals surface area (Å²) in [6.45, 7) is 5.88.